The Bertz CT molecular complexity index is 119. The molecule has 0 bridgehead atoms. The van der Waals surface area contributed by atoms with E-state index in [4.69, 9.17) is 9.84 Å². The molecule has 1 heterocycles. The number of hydrogen-bond donors (Lipinski definition) is 2. The van der Waals surface area contributed by atoms with Crippen molar-refractivity contribution in [3.05, 3.63) is 0 Å². The van der Waals surface area contributed by atoms with E-state index in [1.54, 1.807) is 0 Å². The lowest BCUT2D eigenvalue weighted by molar-refractivity contribution is -0.0823. The summed E-state index contributed by atoms with van der Waals surface area (Å²) in [6, 6.07) is 0.0845. The number of hydrogen-bond acceptors (Lipinski definition) is 3. The zero-order valence-electron chi connectivity index (χ0n) is 6.96. The van der Waals surface area contributed by atoms with E-state index < -0.39 is 0 Å². The Labute approximate surface area is 73.5 Å². The van der Waals surface area contributed by atoms with Crippen LogP contribution in [0.3, 0.4) is 0 Å². The SMILES string of the molecule is CC1(C)OCCNC1CO.Cl. The van der Waals surface area contributed by atoms with E-state index in [0.29, 0.717) is 0 Å². The fourth-order valence-electron chi connectivity index (χ4n) is 1.18. The van der Waals surface area contributed by atoms with Gasteiger partial charge in [-0.1, -0.05) is 0 Å². The third-order valence-corrected chi connectivity index (χ3v) is 1.99. The Balaban J connectivity index is 0.000001000. The van der Waals surface area contributed by atoms with Crippen molar-refractivity contribution < 1.29 is 9.84 Å². The van der Waals surface area contributed by atoms with Crippen molar-refractivity contribution >= 4 is 12.4 Å². The van der Waals surface area contributed by atoms with Gasteiger partial charge in [-0.05, 0) is 13.8 Å². The minimum atomic E-state index is -0.215. The highest BCUT2D eigenvalue weighted by molar-refractivity contribution is 5.85. The van der Waals surface area contributed by atoms with E-state index in [-0.39, 0.29) is 30.7 Å². The van der Waals surface area contributed by atoms with Gasteiger partial charge in [-0.2, -0.15) is 0 Å². The molecule has 0 aliphatic carbocycles. The highest BCUT2D eigenvalue weighted by Gasteiger charge is 2.32. The van der Waals surface area contributed by atoms with Crippen LogP contribution in [0.25, 0.3) is 0 Å². The number of aliphatic hydroxyl groups excluding tert-OH is 1. The van der Waals surface area contributed by atoms with Crippen molar-refractivity contribution in [2.75, 3.05) is 19.8 Å². The number of nitrogens with one attached hydrogen (secondary N) is 1. The van der Waals surface area contributed by atoms with E-state index in [1.165, 1.54) is 0 Å². The largest absolute Gasteiger partial charge is 0.395 e. The molecule has 0 aromatic heterocycles. The van der Waals surface area contributed by atoms with Gasteiger partial charge in [-0.15, -0.1) is 12.4 Å². The average molecular weight is 182 g/mol. The Morgan fingerprint density at radius 1 is 1.64 bits per heavy atom. The normalized spacial score (nSPS) is 29.2. The first-order valence-corrected chi connectivity index (χ1v) is 3.65. The van der Waals surface area contributed by atoms with E-state index in [0.717, 1.165) is 13.2 Å². The Kier molecular flexibility index (Phi) is 4.32. The second kappa shape index (κ2) is 4.26. The van der Waals surface area contributed by atoms with Crippen molar-refractivity contribution in [2.24, 2.45) is 0 Å². The predicted octanol–water partition coefficient (Wildman–Crippen LogP) is 0.167. The molecule has 0 spiro atoms. The number of aliphatic hydroxyl groups is 1. The van der Waals surface area contributed by atoms with Crippen LogP contribution in [0.1, 0.15) is 13.8 Å². The highest BCUT2D eigenvalue weighted by Crippen LogP contribution is 2.16. The van der Waals surface area contributed by atoms with Crippen molar-refractivity contribution in [3.8, 4) is 0 Å². The molecule has 0 aromatic carbocycles. The summed E-state index contributed by atoms with van der Waals surface area (Å²) < 4.78 is 5.45. The lowest BCUT2D eigenvalue weighted by atomic mass is 9.98. The monoisotopic (exact) mass is 181 g/mol. The molecular weight excluding hydrogens is 166 g/mol. The minimum absolute atomic E-state index is 0. The summed E-state index contributed by atoms with van der Waals surface area (Å²) in [7, 11) is 0. The van der Waals surface area contributed by atoms with Gasteiger partial charge in [0, 0.05) is 6.54 Å². The molecule has 1 saturated heterocycles. The topological polar surface area (TPSA) is 41.5 Å². The van der Waals surface area contributed by atoms with Gasteiger partial charge >= 0.3 is 0 Å². The molecule has 3 nitrogen and oxygen atoms in total. The zero-order valence-corrected chi connectivity index (χ0v) is 7.78. The van der Waals surface area contributed by atoms with Crippen LogP contribution in [0, 0.1) is 0 Å². The molecule has 0 aromatic rings. The molecule has 4 heteroatoms. The minimum Gasteiger partial charge on any atom is -0.395 e. The van der Waals surface area contributed by atoms with Crippen molar-refractivity contribution in [2.45, 2.75) is 25.5 Å². The molecule has 1 atom stereocenters. The Morgan fingerprint density at radius 3 is 2.64 bits per heavy atom. The number of halogens is 1. The molecule has 1 unspecified atom stereocenters. The van der Waals surface area contributed by atoms with Crippen molar-refractivity contribution in [3.63, 3.8) is 0 Å². The molecule has 11 heavy (non-hydrogen) atoms. The average Bonchev–Trinajstić information content (AvgIpc) is 1.87. The second-order valence-electron chi connectivity index (χ2n) is 3.14. The first kappa shape index (κ1) is 11.2. The van der Waals surface area contributed by atoms with Crippen LogP contribution in [0.4, 0.5) is 0 Å². The fourth-order valence-corrected chi connectivity index (χ4v) is 1.18. The van der Waals surface area contributed by atoms with E-state index >= 15 is 0 Å². The van der Waals surface area contributed by atoms with Crippen LogP contribution in [0.15, 0.2) is 0 Å². The predicted molar refractivity (Wildman–Crippen MR) is 46.2 cm³/mol. The molecule has 1 aliphatic rings. The van der Waals surface area contributed by atoms with Crippen LogP contribution in [-0.4, -0.2) is 36.5 Å². The van der Waals surface area contributed by atoms with Gasteiger partial charge in [0.15, 0.2) is 0 Å². The molecule has 0 saturated carbocycles. The quantitative estimate of drug-likeness (QED) is 0.606. The van der Waals surface area contributed by atoms with Crippen molar-refractivity contribution in [1.29, 1.82) is 0 Å². The van der Waals surface area contributed by atoms with Crippen LogP contribution in [0.2, 0.25) is 0 Å². The van der Waals surface area contributed by atoms with Crippen LogP contribution in [-0.2, 0) is 4.74 Å². The number of morpholine rings is 1. The molecule has 1 fully saturated rings. The summed E-state index contributed by atoms with van der Waals surface area (Å²) in [6.45, 7) is 5.70. The maximum Gasteiger partial charge on any atom is 0.0801 e. The van der Waals surface area contributed by atoms with Gasteiger partial charge < -0.3 is 15.2 Å². The van der Waals surface area contributed by atoms with Crippen LogP contribution in [0.5, 0.6) is 0 Å². The number of rotatable bonds is 1. The summed E-state index contributed by atoms with van der Waals surface area (Å²) in [5, 5.41) is 12.1. The maximum atomic E-state index is 8.88. The maximum absolute atomic E-state index is 8.88. The number of ether oxygens (including phenoxy) is 1. The fraction of sp³-hybridized carbons (Fsp3) is 1.00. The van der Waals surface area contributed by atoms with E-state index in [1.807, 2.05) is 13.8 Å². The summed E-state index contributed by atoms with van der Waals surface area (Å²) in [5.41, 5.74) is -0.215. The molecule has 1 aliphatic heterocycles. The molecule has 68 valence electrons. The Hall–Kier alpha value is 0.170. The van der Waals surface area contributed by atoms with Crippen molar-refractivity contribution in [1.82, 2.24) is 5.32 Å². The summed E-state index contributed by atoms with van der Waals surface area (Å²) in [4.78, 5) is 0. The smallest absolute Gasteiger partial charge is 0.0801 e. The summed E-state index contributed by atoms with van der Waals surface area (Å²) >= 11 is 0. The van der Waals surface area contributed by atoms with Gasteiger partial charge in [0.25, 0.3) is 0 Å². The Morgan fingerprint density at radius 2 is 2.27 bits per heavy atom. The highest BCUT2D eigenvalue weighted by atomic mass is 35.5. The lowest BCUT2D eigenvalue weighted by Crippen LogP contribution is -2.56. The first-order chi connectivity index (χ1) is 4.67. The van der Waals surface area contributed by atoms with Crippen LogP contribution < -0.4 is 5.32 Å². The van der Waals surface area contributed by atoms with Gasteiger partial charge in [-0.25, -0.2) is 0 Å². The molecule has 0 radical (unpaired) electrons. The summed E-state index contributed by atoms with van der Waals surface area (Å²) in [5.74, 6) is 0. The molecular formula is C7H16ClNO2. The molecule has 2 N–H and O–H groups in total. The molecule has 1 rings (SSSR count). The van der Waals surface area contributed by atoms with E-state index in [2.05, 4.69) is 5.32 Å². The zero-order chi connectivity index (χ0) is 7.61. The lowest BCUT2D eigenvalue weighted by Gasteiger charge is -2.38. The third-order valence-electron chi connectivity index (χ3n) is 1.99. The first-order valence-electron chi connectivity index (χ1n) is 3.65. The van der Waals surface area contributed by atoms with Gasteiger partial charge in [0.05, 0.1) is 24.9 Å². The van der Waals surface area contributed by atoms with Gasteiger partial charge in [-0.3, -0.25) is 0 Å². The molecule has 0 amide bonds. The summed E-state index contributed by atoms with van der Waals surface area (Å²) in [6.07, 6.45) is 0. The van der Waals surface area contributed by atoms with Gasteiger partial charge in [0.2, 0.25) is 0 Å². The van der Waals surface area contributed by atoms with Crippen LogP contribution >= 0.6 is 12.4 Å². The third kappa shape index (κ3) is 2.60. The van der Waals surface area contributed by atoms with Gasteiger partial charge in [0.1, 0.15) is 0 Å². The standard InChI is InChI=1S/C7H15NO2.ClH/c1-7(2)6(5-9)8-3-4-10-7;/h6,8-9H,3-5H2,1-2H3;1H. The van der Waals surface area contributed by atoms with E-state index in [9.17, 15) is 0 Å². The second-order valence-corrected chi connectivity index (χ2v) is 3.14.